The van der Waals surface area contributed by atoms with E-state index in [0.717, 1.165) is 5.92 Å². The highest BCUT2D eigenvalue weighted by atomic mass is 14.8. The van der Waals surface area contributed by atoms with E-state index in [-0.39, 0.29) is 0 Å². The predicted octanol–water partition coefficient (Wildman–Crippen LogP) is 4.93. The molecule has 0 unspecified atom stereocenters. The van der Waals surface area contributed by atoms with Crippen LogP contribution in [0.1, 0.15) is 43.6 Å². The first-order valence-electron chi connectivity index (χ1n) is 7.09. The van der Waals surface area contributed by atoms with Crippen molar-refractivity contribution in [1.29, 1.82) is 0 Å². The standard InChI is InChI=1S/C17H21N/c1-18-17-9-5-8-15-12-14(10-11-16(15)17)13-6-3-2-4-7-13/h5,8-13,18H,2-4,6-7H2,1H3. The van der Waals surface area contributed by atoms with Crippen LogP contribution in [0.3, 0.4) is 0 Å². The van der Waals surface area contributed by atoms with Gasteiger partial charge in [-0.2, -0.15) is 0 Å². The molecule has 18 heavy (non-hydrogen) atoms. The molecule has 0 atom stereocenters. The molecule has 0 spiro atoms. The zero-order chi connectivity index (χ0) is 12.4. The maximum absolute atomic E-state index is 3.27. The van der Waals surface area contributed by atoms with Crippen LogP contribution in [0.5, 0.6) is 0 Å². The third kappa shape index (κ3) is 2.10. The van der Waals surface area contributed by atoms with Gasteiger partial charge in [0.15, 0.2) is 0 Å². The summed E-state index contributed by atoms with van der Waals surface area (Å²) in [6.07, 6.45) is 6.97. The smallest absolute Gasteiger partial charge is 0.0417 e. The van der Waals surface area contributed by atoms with Crippen LogP contribution in [0, 0.1) is 0 Å². The Kier molecular flexibility index (Phi) is 3.22. The molecule has 0 heterocycles. The van der Waals surface area contributed by atoms with Crippen molar-refractivity contribution >= 4 is 16.5 Å². The van der Waals surface area contributed by atoms with E-state index in [9.17, 15) is 0 Å². The summed E-state index contributed by atoms with van der Waals surface area (Å²) in [5.74, 6) is 0.793. The highest BCUT2D eigenvalue weighted by molar-refractivity contribution is 5.94. The Bertz CT molecular complexity index is 538. The van der Waals surface area contributed by atoms with Gasteiger partial charge >= 0.3 is 0 Å². The maximum Gasteiger partial charge on any atom is 0.0417 e. The first kappa shape index (κ1) is 11.6. The lowest BCUT2D eigenvalue weighted by molar-refractivity contribution is 0.444. The predicted molar refractivity (Wildman–Crippen MR) is 79.3 cm³/mol. The maximum atomic E-state index is 3.27. The minimum absolute atomic E-state index is 0.793. The fraction of sp³-hybridized carbons (Fsp3) is 0.412. The number of fused-ring (bicyclic) bond motifs is 1. The van der Waals surface area contributed by atoms with Gasteiger partial charge in [-0.3, -0.25) is 0 Å². The van der Waals surface area contributed by atoms with Crippen molar-refractivity contribution in [1.82, 2.24) is 0 Å². The molecule has 0 saturated heterocycles. The quantitative estimate of drug-likeness (QED) is 0.783. The van der Waals surface area contributed by atoms with Crippen LogP contribution in [-0.4, -0.2) is 7.05 Å². The minimum Gasteiger partial charge on any atom is -0.388 e. The van der Waals surface area contributed by atoms with Crippen LogP contribution in [-0.2, 0) is 0 Å². The lowest BCUT2D eigenvalue weighted by Crippen LogP contribution is -2.04. The van der Waals surface area contributed by atoms with E-state index in [1.807, 2.05) is 7.05 Å². The molecule has 0 aliphatic heterocycles. The molecule has 1 fully saturated rings. The van der Waals surface area contributed by atoms with E-state index in [2.05, 4.69) is 41.7 Å². The summed E-state index contributed by atoms with van der Waals surface area (Å²) in [4.78, 5) is 0. The van der Waals surface area contributed by atoms with Crippen molar-refractivity contribution in [3.05, 3.63) is 42.0 Å². The van der Waals surface area contributed by atoms with Gasteiger partial charge in [-0.05, 0) is 35.8 Å². The van der Waals surface area contributed by atoms with Gasteiger partial charge in [0, 0.05) is 18.1 Å². The van der Waals surface area contributed by atoms with Gasteiger partial charge in [-0.15, -0.1) is 0 Å². The van der Waals surface area contributed by atoms with Gasteiger partial charge in [-0.1, -0.05) is 49.6 Å². The first-order chi connectivity index (χ1) is 8.88. The molecule has 0 amide bonds. The lowest BCUT2D eigenvalue weighted by atomic mass is 9.83. The summed E-state index contributed by atoms with van der Waals surface area (Å²) >= 11 is 0. The molecule has 0 radical (unpaired) electrons. The molecule has 1 heteroatoms. The van der Waals surface area contributed by atoms with Gasteiger partial charge in [0.05, 0.1) is 0 Å². The van der Waals surface area contributed by atoms with E-state index in [1.54, 1.807) is 0 Å². The molecule has 0 aromatic heterocycles. The Morgan fingerprint density at radius 1 is 1.00 bits per heavy atom. The second-order valence-corrected chi connectivity index (χ2v) is 5.37. The van der Waals surface area contributed by atoms with Crippen LogP contribution < -0.4 is 5.32 Å². The Balaban J connectivity index is 2.00. The Hall–Kier alpha value is -1.50. The van der Waals surface area contributed by atoms with Crippen LogP contribution >= 0.6 is 0 Å². The molecule has 1 saturated carbocycles. The van der Waals surface area contributed by atoms with Gasteiger partial charge in [-0.25, -0.2) is 0 Å². The van der Waals surface area contributed by atoms with E-state index in [1.165, 1.54) is 54.1 Å². The van der Waals surface area contributed by atoms with E-state index in [0.29, 0.717) is 0 Å². The van der Waals surface area contributed by atoms with Crippen molar-refractivity contribution in [2.45, 2.75) is 38.0 Å². The summed E-state index contributed by atoms with van der Waals surface area (Å²) < 4.78 is 0. The van der Waals surface area contributed by atoms with Crippen molar-refractivity contribution < 1.29 is 0 Å². The minimum atomic E-state index is 0.793. The normalized spacial score (nSPS) is 16.9. The first-order valence-corrected chi connectivity index (χ1v) is 7.09. The zero-order valence-corrected chi connectivity index (χ0v) is 11.1. The number of hydrogen-bond acceptors (Lipinski definition) is 1. The summed E-state index contributed by atoms with van der Waals surface area (Å²) in [7, 11) is 1.99. The Labute approximate surface area is 109 Å². The molecular formula is C17H21N. The zero-order valence-electron chi connectivity index (χ0n) is 11.1. The largest absolute Gasteiger partial charge is 0.388 e. The van der Waals surface area contributed by atoms with E-state index >= 15 is 0 Å². The van der Waals surface area contributed by atoms with Crippen LogP contribution in [0.4, 0.5) is 5.69 Å². The SMILES string of the molecule is CNc1cccc2cc(C3CCCCC3)ccc12. The molecule has 2 aromatic carbocycles. The second-order valence-electron chi connectivity index (χ2n) is 5.37. The second kappa shape index (κ2) is 5.01. The summed E-state index contributed by atoms with van der Waals surface area (Å²) in [6.45, 7) is 0. The third-order valence-corrected chi connectivity index (χ3v) is 4.25. The molecule has 1 aliphatic rings. The van der Waals surface area contributed by atoms with Crippen LogP contribution in [0.25, 0.3) is 10.8 Å². The number of benzene rings is 2. The Morgan fingerprint density at radius 2 is 1.83 bits per heavy atom. The number of anilines is 1. The molecule has 2 aromatic rings. The van der Waals surface area contributed by atoms with Gasteiger partial charge in [0.1, 0.15) is 0 Å². The summed E-state index contributed by atoms with van der Waals surface area (Å²) in [5, 5.41) is 5.97. The molecular weight excluding hydrogens is 218 g/mol. The number of rotatable bonds is 2. The molecule has 0 bridgehead atoms. The fourth-order valence-electron chi connectivity index (χ4n) is 3.21. The fourth-order valence-corrected chi connectivity index (χ4v) is 3.21. The average Bonchev–Trinajstić information content (AvgIpc) is 2.47. The summed E-state index contributed by atoms with van der Waals surface area (Å²) in [6, 6.07) is 13.5. The highest BCUT2D eigenvalue weighted by Crippen LogP contribution is 2.34. The molecule has 3 rings (SSSR count). The average molecular weight is 239 g/mol. The van der Waals surface area contributed by atoms with Crippen LogP contribution in [0.15, 0.2) is 36.4 Å². The van der Waals surface area contributed by atoms with Gasteiger partial charge in [0.2, 0.25) is 0 Å². The molecule has 94 valence electrons. The van der Waals surface area contributed by atoms with Gasteiger partial charge in [0.25, 0.3) is 0 Å². The summed E-state index contributed by atoms with van der Waals surface area (Å²) in [5.41, 5.74) is 2.76. The molecule has 1 N–H and O–H groups in total. The number of hydrogen-bond donors (Lipinski definition) is 1. The van der Waals surface area contributed by atoms with Crippen molar-refractivity contribution in [2.24, 2.45) is 0 Å². The van der Waals surface area contributed by atoms with Crippen LogP contribution in [0.2, 0.25) is 0 Å². The lowest BCUT2D eigenvalue weighted by Gasteiger charge is -2.22. The van der Waals surface area contributed by atoms with Crippen molar-refractivity contribution in [3.63, 3.8) is 0 Å². The van der Waals surface area contributed by atoms with E-state index in [4.69, 9.17) is 0 Å². The third-order valence-electron chi connectivity index (χ3n) is 4.25. The van der Waals surface area contributed by atoms with Crippen molar-refractivity contribution in [2.75, 3.05) is 12.4 Å². The highest BCUT2D eigenvalue weighted by Gasteiger charge is 2.15. The van der Waals surface area contributed by atoms with Crippen molar-refractivity contribution in [3.8, 4) is 0 Å². The Morgan fingerprint density at radius 3 is 2.61 bits per heavy atom. The monoisotopic (exact) mass is 239 g/mol. The molecule has 1 nitrogen and oxygen atoms in total. The van der Waals surface area contributed by atoms with E-state index < -0.39 is 0 Å². The topological polar surface area (TPSA) is 12.0 Å². The number of nitrogens with one attached hydrogen (secondary N) is 1. The molecule has 1 aliphatic carbocycles. The van der Waals surface area contributed by atoms with Gasteiger partial charge < -0.3 is 5.32 Å².